The fraction of sp³-hybridized carbons (Fsp3) is 0. The fourth-order valence-electron chi connectivity index (χ4n) is 2.36. The van der Waals surface area contributed by atoms with Crippen molar-refractivity contribution in [2.45, 2.75) is 0 Å². The first-order valence-electron chi connectivity index (χ1n) is 6.45. The van der Waals surface area contributed by atoms with Gasteiger partial charge in [0.15, 0.2) is 0 Å². The smallest absolute Gasteiger partial charge is 0.337 e. The molecule has 7 N–H and O–H groups in total. The molecule has 0 spiro atoms. The number of hydrogen-bond donors (Lipinski definition) is 5. The second-order valence-corrected chi connectivity index (χ2v) is 4.68. The molecule has 0 fully saturated rings. The minimum atomic E-state index is -1.84. The Hall–Kier alpha value is -3.72. The van der Waals surface area contributed by atoms with E-state index in [1.807, 2.05) is 0 Å². The molecule has 0 aromatic heterocycles. The van der Waals surface area contributed by atoms with E-state index in [0.717, 1.165) is 6.07 Å². The first kappa shape index (κ1) is 19.3. The number of hydrogen-bond acceptors (Lipinski definition) is 5. The summed E-state index contributed by atoms with van der Waals surface area (Å²) in [6.45, 7) is 0. The minimum absolute atomic E-state index is 0. The second-order valence-electron chi connectivity index (χ2n) is 4.68. The normalized spacial score (nSPS) is 9.76. The van der Waals surface area contributed by atoms with Crippen LogP contribution in [0.5, 0.6) is 0 Å². The lowest BCUT2D eigenvalue weighted by Crippen LogP contribution is -2.20. The monoisotopic (exact) mass is 347 g/mol. The SMILES string of the molecule is N.O=C(O)c1cc(-c2ccccc2)c(C(=O)O)c(C(=O)O)c1C(=O)O. The first-order valence-corrected chi connectivity index (χ1v) is 6.45. The molecular formula is C16H13NO8. The van der Waals surface area contributed by atoms with Gasteiger partial charge in [0.1, 0.15) is 0 Å². The molecule has 0 unspecified atom stereocenters. The molecule has 0 aliphatic carbocycles. The molecule has 0 saturated carbocycles. The van der Waals surface area contributed by atoms with Gasteiger partial charge in [-0.05, 0) is 17.2 Å². The largest absolute Gasteiger partial charge is 0.478 e. The Morgan fingerprint density at radius 1 is 0.640 bits per heavy atom. The summed E-state index contributed by atoms with van der Waals surface area (Å²) in [4.78, 5) is 45.8. The van der Waals surface area contributed by atoms with Crippen molar-refractivity contribution in [1.29, 1.82) is 0 Å². The lowest BCUT2D eigenvalue weighted by Gasteiger charge is -2.14. The summed E-state index contributed by atoms with van der Waals surface area (Å²) in [5.41, 5.74) is -3.68. The molecule has 0 saturated heterocycles. The van der Waals surface area contributed by atoms with E-state index in [4.69, 9.17) is 0 Å². The second kappa shape index (κ2) is 7.23. The summed E-state index contributed by atoms with van der Waals surface area (Å²) >= 11 is 0. The van der Waals surface area contributed by atoms with E-state index in [9.17, 15) is 39.6 Å². The highest BCUT2D eigenvalue weighted by atomic mass is 16.4. The van der Waals surface area contributed by atoms with Crippen LogP contribution in [-0.4, -0.2) is 44.3 Å². The van der Waals surface area contributed by atoms with Crippen molar-refractivity contribution in [1.82, 2.24) is 6.15 Å². The maximum atomic E-state index is 11.6. The summed E-state index contributed by atoms with van der Waals surface area (Å²) in [5, 5.41) is 37.1. The Bertz CT molecular complexity index is 873. The Labute approximate surface area is 140 Å². The van der Waals surface area contributed by atoms with Gasteiger partial charge in [-0.1, -0.05) is 30.3 Å². The molecule has 130 valence electrons. The van der Waals surface area contributed by atoms with Gasteiger partial charge in [0.05, 0.1) is 22.3 Å². The van der Waals surface area contributed by atoms with Crippen LogP contribution in [0.2, 0.25) is 0 Å². The molecule has 25 heavy (non-hydrogen) atoms. The summed E-state index contributed by atoms with van der Waals surface area (Å²) in [6, 6.07) is 8.50. The predicted octanol–water partition coefficient (Wildman–Crippen LogP) is 2.31. The van der Waals surface area contributed by atoms with Crippen molar-refractivity contribution >= 4 is 23.9 Å². The maximum absolute atomic E-state index is 11.6. The Morgan fingerprint density at radius 2 is 1.12 bits per heavy atom. The number of carbonyl (C=O) groups is 4. The molecule has 0 aliphatic heterocycles. The van der Waals surface area contributed by atoms with Crippen LogP contribution in [0.4, 0.5) is 0 Å². The topological polar surface area (TPSA) is 184 Å². The van der Waals surface area contributed by atoms with Gasteiger partial charge >= 0.3 is 23.9 Å². The standard InChI is InChI=1S/C16H10O8.H3N/c17-13(18)9-6-8(7-4-2-1-3-5-7)10(14(19)20)12(16(23)24)11(9)15(21)22;/h1-6H,(H,17,18)(H,19,20)(H,21,22)(H,23,24);1H3. The molecule has 2 aromatic rings. The van der Waals surface area contributed by atoms with E-state index in [2.05, 4.69) is 0 Å². The fourth-order valence-corrected chi connectivity index (χ4v) is 2.36. The summed E-state index contributed by atoms with van der Waals surface area (Å²) < 4.78 is 0. The molecular weight excluding hydrogens is 334 g/mol. The van der Waals surface area contributed by atoms with Crippen molar-refractivity contribution in [2.75, 3.05) is 0 Å². The van der Waals surface area contributed by atoms with Crippen molar-refractivity contribution in [3.05, 3.63) is 58.7 Å². The lowest BCUT2D eigenvalue weighted by atomic mass is 9.88. The van der Waals surface area contributed by atoms with Crippen LogP contribution in [0, 0.1) is 0 Å². The minimum Gasteiger partial charge on any atom is -0.478 e. The zero-order valence-corrected chi connectivity index (χ0v) is 12.6. The number of aromatic carboxylic acids is 4. The van der Waals surface area contributed by atoms with Crippen LogP contribution in [0.25, 0.3) is 11.1 Å². The number of carboxylic acids is 4. The molecule has 2 aromatic carbocycles. The van der Waals surface area contributed by atoms with Gasteiger partial charge < -0.3 is 26.6 Å². The Kier molecular flexibility index (Phi) is 5.59. The Morgan fingerprint density at radius 3 is 1.52 bits per heavy atom. The molecule has 2 rings (SSSR count). The average molecular weight is 347 g/mol. The van der Waals surface area contributed by atoms with Gasteiger partial charge in [-0.25, -0.2) is 19.2 Å². The lowest BCUT2D eigenvalue weighted by molar-refractivity contribution is 0.0620. The van der Waals surface area contributed by atoms with E-state index < -0.39 is 46.1 Å². The zero-order valence-electron chi connectivity index (χ0n) is 12.6. The van der Waals surface area contributed by atoms with Gasteiger partial charge in [0.2, 0.25) is 0 Å². The molecule has 0 aliphatic rings. The molecule has 0 radical (unpaired) electrons. The van der Waals surface area contributed by atoms with Gasteiger partial charge in [0, 0.05) is 0 Å². The quantitative estimate of drug-likeness (QED) is 0.541. The molecule has 9 nitrogen and oxygen atoms in total. The van der Waals surface area contributed by atoms with E-state index in [1.165, 1.54) is 12.1 Å². The third kappa shape index (κ3) is 3.46. The summed E-state index contributed by atoms with van der Waals surface area (Å²) in [6.07, 6.45) is 0. The van der Waals surface area contributed by atoms with Crippen molar-refractivity contribution in [2.24, 2.45) is 0 Å². The molecule has 0 amide bonds. The van der Waals surface area contributed by atoms with E-state index in [-0.39, 0.29) is 17.3 Å². The number of benzene rings is 2. The van der Waals surface area contributed by atoms with Crippen molar-refractivity contribution in [3.63, 3.8) is 0 Å². The third-order valence-electron chi connectivity index (χ3n) is 3.28. The predicted molar refractivity (Wildman–Crippen MR) is 84.7 cm³/mol. The highest BCUT2D eigenvalue weighted by Crippen LogP contribution is 2.32. The van der Waals surface area contributed by atoms with Crippen LogP contribution in [0.3, 0.4) is 0 Å². The van der Waals surface area contributed by atoms with E-state index in [0.29, 0.717) is 0 Å². The first-order chi connectivity index (χ1) is 11.3. The molecule has 0 bridgehead atoms. The highest BCUT2D eigenvalue weighted by molar-refractivity contribution is 6.16. The van der Waals surface area contributed by atoms with Crippen LogP contribution in [-0.2, 0) is 0 Å². The van der Waals surface area contributed by atoms with E-state index in [1.54, 1.807) is 18.2 Å². The zero-order chi connectivity index (χ0) is 18.0. The van der Waals surface area contributed by atoms with Crippen LogP contribution >= 0.6 is 0 Å². The number of rotatable bonds is 5. The average Bonchev–Trinajstić information content (AvgIpc) is 2.53. The summed E-state index contributed by atoms with van der Waals surface area (Å²) in [5.74, 6) is -7.04. The van der Waals surface area contributed by atoms with Gasteiger partial charge in [-0.15, -0.1) is 0 Å². The van der Waals surface area contributed by atoms with E-state index >= 15 is 0 Å². The van der Waals surface area contributed by atoms with Gasteiger partial charge in [0.25, 0.3) is 0 Å². The molecule has 0 heterocycles. The molecule has 0 atom stereocenters. The summed E-state index contributed by atoms with van der Waals surface area (Å²) in [7, 11) is 0. The van der Waals surface area contributed by atoms with Crippen LogP contribution in [0.15, 0.2) is 36.4 Å². The maximum Gasteiger partial charge on any atom is 0.337 e. The van der Waals surface area contributed by atoms with Gasteiger partial charge in [-0.2, -0.15) is 0 Å². The Balaban J connectivity index is 0.00000312. The van der Waals surface area contributed by atoms with Gasteiger partial charge in [-0.3, -0.25) is 0 Å². The third-order valence-corrected chi connectivity index (χ3v) is 3.28. The van der Waals surface area contributed by atoms with Crippen LogP contribution < -0.4 is 6.15 Å². The van der Waals surface area contributed by atoms with Crippen molar-refractivity contribution in [3.8, 4) is 11.1 Å². The molecule has 9 heteroatoms. The highest BCUT2D eigenvalue weighted by Gasteiger charge is 2.32. The van der Waals surface area contributed by atoms with Crippen molar-refractivity contribution < 1.29 is 39.6 Å². The van der Waals surface area contributed by atoms with Crippen LogP contribution in [0.1, 0.15) is 41.4 Å². The number of carboxylic acid groups (broad SMARTS) is 4.